The van der Waals surface area contributed by atoms with Gasteiger partial charge in [-0.3, -0.25) is 14.9 Å². The fourth-order valence-corrected chi connectivity index (χ4v) is 5.40. The van der Waals surface area contributed by atoms with Gasteiger partial charge in [-0.15, -0.1) is 0 Å². The van der Waals surface area contributed by atoms with Gasteiger partial charge in [-0.05, 0) is 48.9 Å². The lowest BCUT2D eigenvalue weighted by Gasteiger charge is -2.38. The fraction of sp³-hybridized carbons (Fsp3) is 0.536. The molecule has 0 saturated heterocycles. The maximum atomic E-state index is 14.6. The van der Waals surface area contributed by atoms with Crippen LogP contribution in [0, 0.1) is 5.41 Å². The molecule has 0 unspecified atom stereocenters. The van der Waals surface area contributed by atoms with E-state index < -0.39 is 18.6 Å². The van der Waals surface area contributed by atoms with Crippen LogP contribution in [-0.2, 0) is 18.3 Å². The Balaban J connectivity index is 1.75. The van der Waals surface area contributed by atoms with Crippen LogP contribution in [-0.4, -0.2) is 58.3 Å². The van der Waals surface area contributed by atoms with Crippen molar-refractivity contribution in [2.45, 2.75) is 71.5 Å². The van der Waals surface area contributed by atoms with Crippen LogP contribution in [0.2, 0.25) is 0 Å². The van der Waals surface area contributed by atoms with E-state index in [1.165, 1.54) is 13.0 Å². The number of rotatable bonds is 8. The Morgan fingerprint density at radius 1 is 1.16 bits per heavy atom. The minimum absolute atomic E-state index is 0.0986. The number of amides is 1. The molecule has 0 fully saturated rings. The zero-order valence-corrected chi connectivity index (χ0v) is 22.5. The van der Waals surface area contributed by atoms with Crippen LogP contribution < -0.4 is 10.2 Å². The molecule has 1 amide bonds. The summed E-state index contributed by atoms with van der Waals surface area (Å²) in [6, 6.07) is 2.90. The third kappa shape index (κ3) is 5.59. The molecular formula is C28H37F3N6O. The van der Waals surface area contributed by atoms with Crippen molar-refractivity contribution in [2.75, 3.05) is 24.5 Å². The number of nitrogens with one attached hydrogen (secondary N) is 2. The Kier molecular flexibility index (Phi) is 8.47. The lowest BCUT2D eigenvalue weighted by atomic mass is 9.92. The van der Waals surface area contributed by atoms with Crippen molar-refractivity contribution in [3.05, 3.63) is 46.9 Å². The van der Waals surface area contributed by atoms with Crippen LogP contribution >= 0.6 is 0 Å². The van der Waals surface area contributed by atoms with E-state index in [-0.39, 0.29) is 23.9 Å². The van der Waals surface area contributed by atoms with Crippen molar-refractivity contribution < 1.29 is 18.0 Å². The number of nitrogens with zero attached hydrogens (tertiary/aromatic N) is 4. The number of halogens is 3. The van der Waals surface area contributed by atoms with E-state index in [9.17, 15) is 23.4 Å². The van der Waals surface area contributed by atoms with Gasteiger partial charge in [0.2, 0.25) is 5.91 Å². The van der Waals surface area contributed by atoms with E-state index in [1.54, 1.807) is 46.9 Å². The summed E-state index contributed by atoms with van der Waals surface area (Å²) in [5.41, 5.74) is 3.80. The molecule has 3 heterocycles. The molecule has 2 N–H and O–H groups in total. The number of amidine groups is 1. The summed E-state index contributed by atoms with van der Waals surface area (Å²) in [6.45, 7) is 6.41. The highest BCUT2D eigenvalue weighted by Gasteiger charge is 2.32. The number of anilines is 1. The molecule has 0 radical (unpaired) electrons. The maximum Gasteiger partial charge on any atom is 0.264 e. The molecule has 10 heteroatoms. The predicted molar refractivity (Wildman–Crippen MR) is 143 cm³/mol. The quantitative estimate of drug-likeness (QED) is 0.355. The number of carbonyl (C=O) groups excluding carboxylic acids is 1. The number of hydrogen-bond acceptors (Lipinski definition) is 4. The Hall–Kier alpha value is -3.30. The maximum absolute atomic E-state index is 14.6. The number of benzene rings is 1. The summed E-state index contributed by atoms with van der Waals surface area (Å²) in [6.07, 6.45) is 2.45. The van der Waals surface area contributed by atoms with Gasteiger partial charge in [0.05, 0.1) is 18.8 Å². The molecule has 2 aliphatic heterocycles. The first kappa shape index (κ1) is 27.7. The van der Waals surface area contributed by atoms with Crippen molar-refractivity contribution in [3.63, 3.8) is 0 Å². The summed E-state index contributed by atoms with van der Waals surface area (Å²) in [5.74, 6) is 0.0639. The minimum Gasteiger partial charge on any atom is -0.382 e. The molecule has 2 aromatic rings. The third-order valence-electron chi connectivity index (χ3n) is 7.59. The second-order valence-electron chi connectivity index (χ2n) is 10.1. The SMILES string of the molecule is CC[C@H](F)[C@@H](CC)NC1=C(C(=N)N2CCCc3cc(-c4cnn(C)c4)c(C(F)F)cc32)CN(C(C)=O)CC1. The minimum atomic E-state index is -2.70. The van der Waals surface area contributed by atoms with E-state index in [4.69, 9.17) is 0 Å². The van der Waals surface area contributed by atoms with E-state index in [0.29, 0.717) is 61.2 Å². The molecule has 0 aliphatic carbocycles. The Bertz CT molecular complexity index is 1220. The second-order valence-corrected chi connectivity index (χ2v) is 10.1. The van der Waals surface area contributed by atoms with Gasteiger partial charge in [-0.1, -0.05) is 13.8 Å². The molecule has 2 atom stereocenters. The van der Waals surface area contributed by atoms with E-state index in [0.717, 1.165) is 17.7 Å². The molecule has 0 saturated carbocycles. The lowest BCUT2D eigenvalue weighted by molar-refractivity contribution is -0.128. The number of aryl methyl sites for hydroxylation is 2. The fourth-order valence-electron chi connectivity index (χ4n) is 5.40. The van der Waals surface area contributed by atoms with E-state index >= 15 is 0 Å². The summed E-state index contributed by atoms with van der Waals surface area (Å²) >= 11 is 0. The van der Waals surface area contributed by atoms with Crippen LogP contribution in [0.25, 0.3) is 11.1 Å². The predicted octanol–water partition coefficient (Wildman–Crippen LogP) is 5.38. The summed E-state index contributed by atoms with van der Waals surface area (Å²) in [7, 11) is 1.75. The summed E-state index contributed by atoms with van der Waals surface area (Å²) < 4.78 is 44.8. The molecule has 4 rings (SSSR count). The normalized spacial score (nSPS) is 17.5. The first-order valence-electron chi connectivity index (χ1n) is 13.3. The van der Waals surface area contributed by atoms with Gasteiger partial charge in [-0.2, -0.15) is 5.10 Å². The first-order valence-corrected chi connectivity index (χ1v) is 13.3. The third-order valence-corrected chi connectivity index (χ3v) is 7.59. The largest absolute Gasteiger partial charge is 0.382 e. The van der Waals surface area contributed by atoms with Crippen LogP contribution in [0.15, 0.2) is 35.8 Å². The Labute approximate surface area is 222 Å². The van der Waals surface area contributed by atoms with Crippen molar-refractivity contribution in [1.29, 1.82) is 5.41 Å². The van der Waals surface area contributed by atoms with Gasteiger partial charge in [0.15, 0.2) is 0 Å². The molecule has 1 aromatic heterocycles. The topological polar surface area (TPSA) is 77.2 Å². The number of fused-ring (bicyclic) bond motifs is 1. The first-order chi connectivity index (χ1) is 18.1. The molecule has 38 heavy (non-hydrogen) atoms. The highest BCUT2D eigenvalue weighted by molar-refractivity contribution is 6.09. The standard InChI is InChI=1S/C28H37F3N6O/c1-5-23(29)24(6-2)34-25-9-11-36(17(3)38)16-22(25)28(32)37-10-7-8-18-12-20(19-14-33-35(4)15-19)21(27(30)31)13-26(18)37/h12-15,23-24,27,32,34H,5-11,16H2,1-4H3/t23-,24+/m0/s1. The van der Waals surface area contributed by atoms with Crippen molar-refractivity contribution >= 4 is 17.4 Å². The van der Waals surface area contributed by atoms with Crippen LogP contribution in [0.5, 0.6) is 0 Å². The second kappa shape index (κ2) is 11.6. The lowest BCUT2D eigenvalue weighted by Crippen LogP contribution is -2.47. The average Bonchev–Trinajstić information content (AvgIpc) is 3.35. The molecule has 0 bridgehead atoms. The monoisotopic (exact) mass is 530 g/mol. The zero-order valence-electron chi connectivity index (χ0n) is 22.5. The van der Waals surface area contributed by atoms with Gasteiger partial charge in [0.25, 0.3) is 6.43 Å². The molecule has 1 aromatic carbocycles. The van der Waals surface area contributed by atoms with Gasteiger partial charge < -0.3 is 15.1 Å². The Morgan fingerprint density at radius 3 is 2.53 bits per heavy atom. The number of carbonyl (C=O) groups is 1. The van der Waals surface area contributed by atoms with Crippen molar-refractivity contribution in [2.24, 2.45) is 7.05 Å². The summed E-state index contributed by atoms with van der Waals surface area (Å²) in [5, 5.41) is 16.7. The molecule has 0 spiro atoms. The van der Waals surface area contributed by atoms with Gasteiger partial charge in [-0.25, -0.2) is 13.2 Å². The zero-order chi connectivity index (χ0) is 27.6. The van der Waals surface area contributed by atoms with Gasteiger partial charge in [0, 0.05) is 67.8 Å². The van der Waals surface area contributed by atoms with Crippen molar-refractivity contribution in [1.82, 2.24) is 20.0 Å². The number of hydrogen-bond donors (Lipinski definition) is 2. The van der Waals surface area contributed by atoms with Crippen LogP contribution in [0.1, 0.15) is 64.0 Å². The van der Waals surface area contributed by atoms with E-state index in [1.807, 2.05) is 6.92 Å². The number of alkyl halides is 3. The number of aromatic nitrogens is 2. The average molecular weight is 531 g/mol. The van der Waals surface area contributed by atoms with E-state index in [2.05, 4.69) is 10.4 Å². The van der Waals surface area contributed by atoms with Gasteiger partial charge in [0.1, 0.15) is 12.0 Å². The highest BCUT2D eigenvalue weighted by atomic mass is 19.3. The smallest absolute Gasteiger partial charge is 0.264 e. The van der Waals surface area contributed by atoms with Gasteiger partial charge >= 0.3 is 0 Å². The molecule has 2 aliphatic rings. The highest BCUT2D eigenvalue weighted by Crippen LogP contribution is 2.39. The molecular weight excluding hydrogens is 493 g/mol. The molecule has 7 nitrogen and oxygen atoms in total. The molecule has 206 valence electrons. The summed E-state index contributed by atoms with van der Waals surface area (Å²) in [4.78, 5) is 15.7. The van der Waals surface area contributed by atoms with Crippen molar-refractivity contribution in [3.8, 4) is 11.1 Å². The Morgan fingerprint density at radius 2 is 1.92 bits per heavy atom. The van der Waals surface area contributed by atoms with Crippen LogP contribution in [0.3, 0.4) is 0 Å². The van der Waals surface area contributed by atoms with Crippen LogP contribution in [0.4, 0.5) is 18.9 Å².